The van der Waals surface area contributed by atoms with Gasteiger partial charge < -0.3 is 10.2 Å². The molecule has 2 aliphatic rings. The molecule has 0 aromatic heterocycles. The molecular weight excluding hydrogens is 334 g/mol. The van der Waals surface area contributed by atoms with Crippen molar-refractivity contribution in [1.82, 2.24) is 15.5 Å². The maximum absolute atomic E-state index is 12.6. The van der Waals surface area contributed by atoms with Gasteiger partial charge in [0.05, 0.1) is 10.9 Å². The Kier molecular flexibility index (Phi) is 5.69. The number of benzene rings is 1. The Morgan fingerprint density at radius 1 is 1.32 bits per heavy atom. The second kappa shape index (κ2) is 7.79. The maximum atomic E-state index is 12.6. The Balaban J connectivity index is 1.54. The fourth-order valence-electron chi connectivity index (χ4n) is 3.35. The van der Waals surface area contributed by atoms with E-state index in [1.54, 1.807) is 0 Å². The molecule has 2 atom stereocenters. The summed E-state index contributed by atoms with van der Waals surface area (Å²) in [4.78, 5) is 26.8. The lowest BCUT2D eigenvalue weighted by Gasteiger charge is -2.39. The van der Waals surface area contributed by atoms with E-state index in [9.17, 15) is 9.59 Å². The average Bonchev–Trinajstić information content (AvgIpc) is 3.06. The van der Waals surface area contributed by atoms with Crippen LogP contribution in [0.5, 0.6) is 0 Å². The fourth-order valence-corrected chi connectivity index (χ4v) is 4.77. The summed E-state index contributed by atoms with van der Waals surface area (Å²) in [5, 5.41) is 6.61. The van der Waals surface area contributed by atoms with Gasteiger partial charge in [0.1, 0.15) is 0 Å². The zero-order valence-electron chi connectivity index (χ0n) is 15.0. The van der Waals surface area contributed by atoms with Crippen LogP contribution in [-0.2, 0) is 4.79 Å². The highest BCUT2D eigenvalue weighted by molar-refractivity contribution is 8.01. The Morgan fingerprint density at radius 3 is 2.64 bits per heavy atom. The van der Waals surface area contributed by atoms with Crippen molar-refractivity contribution in [3.63, 3.8) is 0 Å². The lowest BCUT2D eigenvalue weighted by Crippen LogP contribution is -2.55. The molecule has 136 valence electrons. The minimum absolute atomic E-state index is 0.0646. The van der Waals surface area contributed by atoms with Gasteiger partial charge in [0.2, 0.25) is 5.91 Å². The van der Waals surface area contributed by atoms with Gasteiger partial charge in [-0.15, -0.1) is 11.8 Å². The molecule has 0 saturated carbocycles. The van der Waals surface area contributed by atoms with E-state index in [2.05, 4.69) is 17.6 Å². The lowest BCUT2D eigenvalue weighted by atomic mass is 10.0. The van der Waals surface area contributed by atoms with Crippen LogP contribution in [0.15, 0.2) is 30.3 Å². The molecule has 1 spiro atoms. The Hall–Kier alpha value is -1.53. The van der Waals surface area contributed by atoms with Crippen molar-refractivity contribution in [2.45, 2.75) is 50.1 Å². The van der Waals surface area contributed by atoms with E-state index >= 15 is 0 Å². The first-order valence-corrected chi connectivity index (χ1v) is 10.1. The zero-order chi connectivity index (χ0) is 17.9. The van der Waals surface area contributed by atoms with Crippen LogP contribution in [0.2, 0.25) is 0 Å². The third-order valence-corrected chi connectivity index (χ3v) is 6.74. The van der Waals surface area contributed by atoms with Crippen molar-refractivity contribution in [3.05, 3.63) is 35.9 Å². The molecule has 0 radical (unpaired) electrons. The third-order valence-electron chi connectivity index (χ3n) is 5.16. The van der Waals surface area contributed by atoms with Crippen LogP contribution in [0.1, 0.15) is 43.5 Å². The summed E-state index contributed by atoms with van der Waals surface area (Å²) in [6.07, 6.45) is 2.69. The second-order valence-electron chi connectivity index (χ2n) is 6.98. The van der Waals surface area contributed by atoms with Crippen molar-refractivity contribution >= 4 is 23.6 Å². The number of piperidine rings is 1. The molecule has 1 aromatic rings. The number of nitrogens with one attached hydrogen (secondary N) is 2. The molecule has 0 aliphatic carbocycles. The van der Waals surface area contributed by atoms with E-state index in [4.69, 9.17) is 0 Å². The van der Waals surface area contributed by atoms with Crippen LogP contribution >= 0.6 is 11.8 Å². The van der Waals surface area contributed by atoms with Crippen molar-refractivity contribution in [2.75, 3.05) is 18.8 Å². The molecule has 3 rings (SSSR count). The van der Waals surface area contributed by atoms with Crippen molar-refractivity contribution in [1.29, 1.82) is 0 Å². The normalized spacial score (nSPS) is 23.4. The highest BCUT2D eigenvalue weighted by atomic mass is 32.2. The van der Waals surface area contributed by atoms with Crippen LogP contribution in [0, 0.1) is 0 Å². The summed E-state index contributed by atoms with van der Waals surface area (Å²) in [7, 11) is 0. The standard InChI is InChI=1S/C19H27N3O2S/c1-3-14(2)20-17(23)16-13-25-19(21-16)9-11-22(12-10-19)18(24)15-7-5-4-6-8-15/h4-8,14,16,21H,3,9-13H2,1-2H3,(H,20,23). The fraction of sp³-hybridized carbons (Fsp3) is 0.579. The first-order valence-electron chi connectivity index (χ1n) is 9.09. The molecule has 2 saturated heterocycles. The predicted molar refractivity (Wildman–Crippen MR) is 102 cm³/mol. The minimum atomic E-state index is -0.129. The van der Waals surface area contributed by atoms with Gasteiger partial charge >= 0.3 is 0 Å². The lowest BCUT2D eigenvalue weighted by molar-refractivity contribution is -0.123. The molecule has 0 bridgehead atoms. The molecule has 6 heteroatoms. The van der Waals surface area contributed by atoms with Gasteiger partial charge in [-0.1, -0.05) is 25.1 Å². The molecule has 2 N–H and O–H groups in total. The smallest absolute Gasteiger partial charge is 0.253 e. The molecule has 25 heavy (non-hydrogen) atoms. The molecule has 2 unspecified atom stereocenters. The summed E-state index contributed by atoms with van der Waals surface area (Å²) >= 11 is 1.84. The summed E-state index contributed by atoms with van der Waals surface area (Å²) in [6, 6.07) is 9.53. The van der Waals surface area contributed by atoms with E-state index in [-0.39, 0.29) is 28.8 Å². The van der Waals surface area contributed by atoms with Gasteiger partial charge in [0.15, 0.2) is 0 Å². The Morgan fingerprint density at radius 2 is 2.00 bits per heavy atom. The van der Waals surface area contributed by atoms with Crippen LogP contribution in [0.3, 0.4) is 0 Å². The van der Waals surface area contributed by atoms with E-state index in [0.29, 0.717) is 0 Å². The van der Waals surface area contributed by atoms with E-state index in [1.165, 1.54) is 0 Å². The first-order chi connectivity index (χ1) is 12.0. The maximum Gasteiger partial charge on any atom is 0.253 e. The van der Waals surface area contributed by atoms with Crippen molar-refractivity contribution in [2.24, 2.45) is 0 Å². The van der Waals surface area contributed by atoms with Gasteiger partial charge in [-0.3, -0.25) is 14.9 Å². The summed E-state index contributed by atoms with van der Waals surface area (Å²) in [6.45, 7) is 5.56. The monoisotopic (exact) mass is 361 g/mol. The quantitative estimate of drug-likeness (QED) is 0.863. The van der Waals surface area contributed by atoms with Crippen molar-refractivity contribution < 1.29 is 9.59 Å². The zero-order valence-corrected chi connectivity index (χ0v) is 15.8. The molecule has 2 heterocycles. The van der Waals surface area contributed by atoms with E-state index in [1.807, 2.05) is 53.9 Å². The highest BCUT2D eigenvalue weighted by Gasteiger charge is 2.44. The van der Waals surface area contributed by atoms with Crippen LogP contribution in [0.25, 0.3) is 0 Å². The molecule has 1 aromatic carbocycles. The van der Waals surface area contributed by atoms with Crippen molar-refractivity contribution in [3.8, 4) is 0 Å². The summed E-state index contributed by atoms with van der Waals surface area (Å²) in [5.74, 6) is 1.00. The van der Waals surface area contributed by atoms with Gasteiger partial charge in [-0.05, 0) is 38.3 Å². The Labute approximate surface area is 153 Å². The van der Waals surface area contributed by atoms with Gasteiger partial charge in [0, 0.05) is 30.4 Å². The number of carbonyl (C=O) groups is 2. The van der Waals surface area contributed by atoms with Crippen LogP contribution in [0.4, 0.5) is 0 Å². The molecule has 2 aliphatic heterocycles. The number of likely N-dealkylation sites (tertiary alicyclic amines) is 1. The second-order valence-corrected chi connectivity index (χ2v) is 8.38. The van der Waals surface area contributed by atoms with E-state index < -0.39 is 0 Å². The largest absolute Gasteiger partial charge is 0.352 e. The third kappa shape index (κ3) is 4.18. The number of rotatable bonds is 4. The minimum Gasteiger partial charge on any atom is -0.352 e. The summed E-state index contributed by atoms with van der Waals surface area (Å²) < 4.78 is 0. The average molecular weight is 362 g/mol. The Bertz CT molecular complexity index is 614. The number of hydrogen-bond acceptors (Lipinski definition) is 4. The van der Waals surface area contributed by atoms with Crippen LogP contribution < -0.4 is 10.6 Å². The molecule has 5 nitrogen and oxygen atoms in total. The van der Waals surface area contributed by atoms with E-state index in [0.717, 1.165) is 43.7 Å². The molecule has 2 amide bonds. The first kappa shape index (κ1) is 18.3. The number of amides is 2. The number of hydrogen-bond donors (Lipinski definition) is 2. The number of carbonyl (C=O) groups excluding carboxylic acids is 2. The van der Waals surface area contributed by atoms with Gasteiger partial charge in [-0.2, -0.15) is 0 Å². The number of nitrogens with zero attached hydrogens (tertiary/aromatic N) is 1. The molecule has 2 fully saturated rings. The highest BCUT2D eigenvalue weighted by Crippen LogP contribution is 2.39. The SMILES string of the molecule is CCC(C)NC(=O)C1CSC2(CCN(C(=O)c3ccccc3)CC2)N1. The summed E-state index contributed by atoms with van der Waals surface area (Å²) in [5.41, 5.74) is 0.747. The topological polar surface area (TPSA) is 61.4 Å². The molecular formula is C19H27N3O2S. The van der Waals surface area contributed by atoms with Gasteiger partial charge in [0.25, 0.3) is 5.91 Å². The predicted octanol–water partition coefficient (Wildman–Crippen LogP) is 2.24. The number of thioether (sulfide) groups is 1. The van der Waals surface area contributed by atoms with Gasteiger partial charge in [-0.25, -0.2) is 0 Å². The van der Waals surface area contributed by atoms with Crippen LogP contribution in [-0.4, -0.2) is 52.5 Å².